The van der Waals surface area contributed by atoms with Gasteiger partial charge >= 0.3 is 0 Å². The van der Waals surface area contributed by atoms with Gasteiger partial charge in [0, 0.05) is 17.8 Å². The van der Waals surface area contributed by atoms with Gasteiger partial charge in [-0.1, -0.05) is 23.7 Å². The number of rotatable bonds is 5. The minimum absolute atomic E-state index is 0.431. The maximum atomic E-state index is 6.21. The first kappa shape index (κ1) is 14.6. The van der Waals surface area contributed by atoms with Crippen molar-refractivity contribution in [2.75, 3.05) is 24.2 Å². The van der Waals surface area contributed by atoms with E-state index in [0.717, 1.165) is 11.4 Å². The zero-order valence-electron chi connectivity index (χ0n) is 11.1. The number of ether oxygens (including phenoxy) is 2. The zero-order valence-corrected chi connectivity index (χ0v) is 12.6. The van der Waals surface area contributed by atoms with Crippen LogP contribution in [0, 0.1) is 0 Å². The number of nitrogens with zero attached hydrogens (tertiary/aromatic N) is 1. The molecule has 0 saturated heterocycles. The summed E-state index contributed by atoms with van der Waals surface area (Å²) in [5, 5.41) is 0.431. The van der Waals surface area contributed by atoms with Gasteiger partial charge in [-0.05, 0) is 24.3 Å². The van der Waals surface area contributed by atoms with Crippen molar-refractivity contribution < 1.29 is 9.47 Å². The first-order chi connectivity index (χ1) is 9.65. The lowest BCUT2D eigenvalue weighted by atomic mass is 10.3. The Bertz CT molecular complexity index is 593. The highest BCUT2D eigenvalue weighted by Crippen LogP contribution is 2.35. The lowest BCUT2D eigenvalue weighted by molar-refractivity contribution is 0.415. The molecule has 1 N–H and O–H groups in total. The molecule has 20 heavy (non-hydrogen) atoms. The molecule has 0 spiro atoms. The Morgan fingerprint density at radius 2 is 1.80 bits per heavy atom. The molecule has 0 bridgehead atoms. The molecular weight excluding hydrogens is 299 g/mol. The van der Waals surface area contributed by atoms with Gasteiger partial charge in [-0.25, -0.2) is 0 Å². The molecular formula is C14H14Cl2N2O2. The summed E-state index contributed by atoms with van der Waals surface area (Å²) in [6.45, 7) is 0. The van der Waals surface area contributed by atoms with Crippen LogP contribution in [0.2, 0.25) is 5.02 Å². The number of hydrogen-bond donors (Lipinski definition) is 1. The molecule has 0 saturated carbocycles. The first-order valence-electron chi connectivity index (χ1n) is 5.85. The fourth-order valence-electron chi connectivity index (χ4n) is 1.67. The molecule has 0 heterocycles. The molecule has 2 rings (SSSR count). The van der Waals surface area contributed by atoms with E-state index in [4.69, 9.17) is 32.9 Å². The number of hydrazine groups is 1. The second-order valence-electron chi connectivity index (χ2n) is 3.92. The van der Waals surface area contributed by atoms with Crippen LogP contribution in [0.25, 0.3) is 0 Å². The summed E-state index contributed by atoms with van der Waals surface area (Å²) in [5.41, 5.74) is 4.37. The van der Waals surface area contributed by atoms with Crippen molar-refractivity contribution in [3.8, 4) is 11.5 Å². The van der Waals surface area contributed by atoms with Crippen molar-refractivity contribution in [2.24, 2.45) is 0 Å². The lowest BCUT2D eigenvalue weighted by Gasteiger charge is -2.20. The van der Waals surface area contributed by atoms with Gasteiger partial charge in [0.1, 0.15) is 16.5 Å². The van der Waals surface area contributed by atoms with E-state index >= 15 is 0 Å². The first-order valence-corrected chi connectivity index (χ1v) is 6.56. The van der Waals surface area contributed by atoms with E-state index < -0.39 is 0 Å². The Labute approximate surface area is 127 Å². The van der Waals surface area contributed by atoms with Crippen LogP contribution in [0.3, 0.4) is 0 Å². The van der Waals surface area contributed by atoms with Gasteiger partial charge in [-0.2, -0.15) is 4.53 Å². The normalized spacial score (nSPS) is 10.0. The standard InChI is InChI=1S/C14H14Cl2N2O2/c1-19-11-6-3-5-10(9-11)17-18(16)12-7-4-8-13(20-2)14(12)15/h3-9,17H,1-2H3. The average Bonchev–Trinajstić information content (AvgIpc) is 2.47. The van der Waals surface area contributed by atoms with Crippen LogP contribution in [0.15, 0.2) is 42.5 Å². The molecule has 2 aromatic carbocycles. The van der Waals surface area contributed by atoms with E-state index in [0.29, 0.717) is 16.5 Å². The minimum Gasteiger partial charge on any atom is -0.497 e. The fraction of sp³-hybridized carbons (Fsp3) is 0.143. The molecule has 0 aliphatic heterocycles. The van der Waals surface area contributed by atoms with Crippen LogP contribution >= 0.6 is 23.4 Å². The van der Waals surface area contributed by atoms with E-state index in [1.165, 1.54) is 4.53 Å². The summed E-state index contributed by atoms with van der Waals surface area (Å²) in [5.74, 6) is 1.29. The summed E-state index contributed by atoms with van der Waals surface area (Å²) in [6.07, 6.45) is 0. The third-order valence-corrected chi connectivity index (χ3v) is 3.32. The predicted molar refractivity (Wildman–Crippen MR) is 83.0 cm³/mol. The number of halogens is 2. The van der Waals surface area contributed by atoms with Crippen LogP contribution in [-0.4, -0.2) is 14.2 Å². The largest absolute Gasteiger partial charge is 0.497 e. The Balaban J connectivity index is 2.21. The highest BCUT2D eigenvalue weighted by Gasteiger charge is 2.12. The van der Waals surface area contributed by atoms with Crippen LogP contribution < -0.4 is 19.4 Å². The molecule has 4 nitrogen and oxygen atoms in total. The average molecular weight is 313 g/mol. The van der Waals surface area contributed by atoms with Crippen LogP contribution in [-0.2, 0) is 0 Å². The van der Waals surface area contributed by atoms with Crippen molar-refractivity contribution in [1.29, 1.82) is 0 Å². The van der Waals surface area contributed by atoms with E-state index in [2.05, 4.69) is 5.43 Å². The van der Waals surface area contributed by atoms with Gasteiger partial charge in [0.15, 0.2) is 0 Å². The maximum absolute atomic E-state index is 6.21. The Kier molecular flexibility index (Phi) is 4.82. The molecule has 2 aromatic rings. The number of benzene rings is 2. The van der Waals surface area contributed by atoms with Crippen LogP contribution in [0.4, 0.5) is 11.4 Å². The SMILES string of the molecule is COc1cccc(NN(Cl)c2cccc(OC)c2Cl)c1. The monoisotopic (exact) mass is 312 g/mol. The maximum Gasteiger partial charge on any atom is 0.139 e. The summed E-state index contributed by atoms with van der Waals surface area (Å²) in [6, 6.07) is 12.8. The van der Waals surface area contributed by atoms with E-state index in [1.807, 2.05) is 30.3 Å². The summed E-state index contributed by atoms with van der Waals surface area (Å²) >= 11 is 12.4. The quantitative estimate of drug-likeness (QED) is 0.657. The predicted octanol–water partition coefficient (Wildman–Crippen LogP) is 4.34. The van der Waals surface area contributed by atoms with Gasteiger partial charge in [-0.15, -0.1) is 0 Å². The molecule has 0 radical (unpaired) electrons. The molecule has 0 aromatic heterocycles. The van der Waals surface area contributed by atoms with Gasteiger partial charge in [-0.3, -0.25) is 5.43 Å². The highest BCUT2D eigenvalue weighted by atomic mass is 35.5. The van der Waals surface area contributed by atoms with Crippen molar-refractivity contribution in [1.82, 2.24) is 0 Å². The molecule has 0 atom stereocenters. The molecule has 0 aliphatic carbocycles. The van der Waals surface area contributed by atoms with Crippen LogP contribution in [0.1, 0.15) is 0 Å². The highest BCUT2D eigenvalue weighted by molar-refractivity contribution is 6.37. The smallest absolute Gasteiger partial charge is 0.139 e. The third kappa shape index (κ3) is 3.21. The minimum atomic E-state index is 0.431. The Morgan fingerprint density at radius 1 is 1.05 bits per heavy atom. The van der Waals surface area contributed by atoms with E-state index in [-0.39, 0.29) is 0 Å². The Morgan fingerprint density at radius 3 is 2.50 bits per heavy atom. The third-order valence-electron chi connectivity index (χ3n) is 2.67. The topological polar surface area (TPSA) is 33.7 Å². The number of anilines is 2. The van der Waals surface area contributed by atoms with Gasteiger partial charge in [0.2, 0.25) is 0 Å². The van der Waals surface area contributed by atoms with Crippen LogP contribution in [0.5, 0.6) is 11.5 Å². The van der Waals surface area contributed by atoms with E-state index in [1.54, 1.807) is 26.4 Å². The van der Waals surface area contributed by atoms with Crippen molar-refractivity contribution in [3.63, 3.8) is 0 Å². The zero-order chi connectivity index (χ0) is 14.5. The molecule has 6 heteroatoms. The van der Waals surface area contributed by atoms with Crippen molar-refractivity contribution in [3.05, 3.63) is 47.5 Å². The molecule has 0 fully saturated rings. The second-order valence-corrected chi connectivity index (χ2v) is 4.63. The summed E-state index contributed by atoms with van der Waals surface area (Å²) in [7, 11) is 3.16. The molecule has 0 aliphatic rings. The van der Waals surface area contributed by atoms with E-state index in [9.17, 15) is 0 Å². The van der Waals surface area contributed by atoms with Gasteiger partial charge < -0.3 is 9.47 Å². The molecule has 0 unspecified atom stereocenters. The van der Waals surface area contributed by atoms with Gasteiger partial charge in [0.25, 0.3) is 0 Å². The van der Waals surface area contributed by atoms with Crippen molar-refractivity contribution in [2.45, 2.75) is 0 Å². The lowest BCUT2D eigenvalue weighted by Crippen LogP contribution is -2.19. The second kappa shape index (κ2) is 6.59. The number of nitrogens with one attached hydrogen (secondary N) is 1. The summed E-state index contributed by atoms with van der Waals surface area (Å²) in [4.78, 5) is 0. The van der Waals surface area contributed by atoms with Crippen molar-refractivity contribution >= 4 is 34.8 Å². The van der Waals surface area contributed by atoms with Gasteiger partial charge in [0.05, 0.1) is 25.6 Å². The molecule has 0 amide bonds. The Hall–Kier alpha value is -1.78. The molecule has 106 valence electrons. The fourth-order valence-corrected chi connectivity index (χ4v) is 2.24. The number of hydrogen-bond acceptors (Lipinski definition) is 4. The number of methoxy groups -OCH3 is 2. The summed E-state index contributed by atoms with van der Waals surface area (Å²) < 4.78 is 11.6.